The molecule has 1 aliphatic rings. The first kappa shape index (κ1) is 8.99. The van der Waals surface area contributed by atoms with Gasteiger partial charge in [0.2, 0.25) is 0 Å². The second-order valence-electron chi connectivity index (χ2n) is 3.55. The molecule has 2 heterocycles. The van der Waals surface area contributed by atoms with Crippen LogP contribution in [0, 0.1) is 6.92 Å². The molecule has 0 N–H and O–H groups in total. The molecular weight excluding hydrogens is 178 g/mol. The molecule has 0 aliphatic carbocycles. The molecular formula is C10H13N3O. The minimum Gasteiger partial charge on any atom is -0.326 e. The summed E-state index contributed by atoms with van der Waals surface area (Å²) in [5.41, 5.74) is 1.11. The lowest BCUT2D eigenvalue weighted by Gasteiger charge is -2.14. The molecule has 0 aromatic carbocycles. The summed E-state index contributed by atoms with van der Waals surface area (Å²) in [7, 11) is 1.80. The summed E-state index contributed by atoms with van der Waals surface area (Å²) in [4.78, 5) is 19.2. The third-order valence-corrected chi connectivity index (χ3v) is 2.39. The lowest BCUT2D eigenvalue weighted by Crippen LogP contribution is -2.29. The quantitative estimate of drug-likeness (QED) is 0.670. The molecule has 0 atom stereocenters. The number of amides is 2. The Morgan fingerprint density at radius 1 is 1.36 bits per heavy atom. The molecule has 1 aromatic rings. The Hall–Kier alpha value is -1.58. The minimum atomic E-state index is 0.0290. The van der Waals surface area contributed by atoms with Crippen molar-refractivity contribution in [1.82, 2.24) is 9.88 Å². The number of nitrogens with zero attached hydrogens (tertiary/aromatic N) is 3. The van der Waals surface area contributed by atoms with E-state index in [4.69, 9.17) is 0 Å². The Kier molecular flexibility index (Phi) is 2.11. The predicted molar refractivity (Wildman–Crippen MR) is 54.3 cm³/mol. The maximum atomic E-state index is 11.6. The van der Waals surface area contributed by atoms with E-state index >= 15 is 0 Å². The molecule has 1 aromatic heterocycles. The molecule has 4 heteroatoms. The van der Waals surface area contributed by atoms with Gasteiger partial charge in [0.15, 0.2) is 0 Å². The van der Waals surface area contributed by atoms with E-state index in [1.54, 1.807) is 23.0 Å². The van der Waals surface area contributed by atoms with Crippen LogP contribution in [0.3, 0.4) is 0 Å². The molecule has 1 fully saturated rings. The third kappa shape index (κ3) is 1.43. The fraction of sp³-hybridized carbons (Fsp3) is 0.400. The maximum Gasteiger partial charge on any atom is 0.325 e. The number of hydrogen-bond acceptors (Lipinski definition) is 2. The lowest BCUT2D eigenvalue weighted by molar-refractivity contribution is 0.229. The summed E-state index contributed by atoms with van der Waals surface area (Å²) in [5, 5.41) is 0. The third-order valence-electron chi connectivity index (χ3n) is 2.39. The molecule has 0 saturated carbocycles. The van der Waals surface area contributed by atoms with Crippen LogP contribution >= 0.6 is 0 Å². The largest absolute Gasteiger partial charge is 0.326 e. The van der Waals surface area contributed by atoms with Crippen molar-refractivity contribution in [1.29, 1.82) is 0 Å². The van der Waals surface area contributed by atoms with Crippen LogP contribution < -0.4 is 4.90 Å². The van der Waals surface area contributed by atoms with Crippen molar-refractivity contribution in [3.8, 4) is 0 Å². The molecule has 4 nitrogen and oxygen atoms in total. The Morgan fingerprint density at radius 3 is 2.64 bits per heavy atom. The van der Waals surface area contributed by atoms with Gasteiger partial charge in [0, 0.05) is 26.3 Å². The van der Waals surface area contributed by atoms with Crippen LogP contribution in [-0.4, -0.2) is 36.1 Å². The van der Waals surface area contributed by atoms with Crippen molar-refractivity contribution < 1.29 is 4.79 Å². The van der Waals surface area contributed by atoms with Crippen LogP contribution in [0.1, 0.15) is 5.56 Å². The fourth-order valence-electron chi connectivity index (χ4n) is 1.48. The van der Waals surface area contributed by atoms with Gasteiger partial charge in [-0.15, -0.1) is 0 Å². The van der Waals surface area contributed by atoms with Crippen molar-refractivity contribution in [2.75, 3.05) is 25.0 Å². The minimum absolute atomic E-state index is 0.0290. The highest BCUT2D eigenvalue weighted by Gasteiger charge is 2.26. The van der Waals surface area contributed by atoms with Crippen molar-refractivity contribution in [2.24, 2.45) is 0 Å². The van der Waals surface area contributed by atoms with E-state index < -0.39 is 0 Å². The molecule has 0 spiro atoms. The number of pyridine rings is 1. The predicted octanol–water partition coefficient (Wildman–Crippen LogP) is 1.26. The molecule has 2 amide bonds. The van der Waals surface area contributed by atoms with Gasteiger partial charge in [0.1, 0.15) is 5.82 Å². The molecule has 2 rings (SSSR count). The second kappa shape index (κ2) is 3.29. The maximum absolute atomic E-state index is 11.6. The first-order chi connectivity index (χ1) is 6.68. The summed E-state index contributed by atoms with van der Waals surface area (Å²) in [6, 6.07) is 3.88. The fourth-order valence-corrected chi connectivity index (χ4v) is 1.48. The number of aryl methyl sites for hydroxylation is 1. The normalized spacial score (nSPS) is 16.6. The van der Waals surface area contributed by atoms with Crippen molar-refractivity contribution in [3.63, 3.8) is 0 Å². The number of anilines is 1. The average Bonchev–Trinajstić information content (AvgIpc) is 2.50. The van der Waals surface area contributed by atoms with Crippen LogP contribution in [0.5, 0.6) is 0 Å². The van der Waals surface area contributed by atoms with Gasteiger partial charge in [-0.25, -0.2) is 9.78 Å². The highest BCUT2D eigenvalue weighted by Crippen LogP contribution is 2.16. The zero-order valence-electron chi connectivity index (χ0n) is 8.40. The van der Waals surface area contributed by atoms with E-state index in [1.807, 2.05) is 19.1 Å². The van der Waals surface area contributed by atoms with E-state index in [2.05, 4.69) is 4.98 Å². The number of urea groups is 1. The van der Waals surface area contributed by atoms with Gasteiger partial charge in [0.05, 0.1) is 0 Å². The van der Waals surface area contributed by atoms with Gasteiger partial charge < -0.3 is 4.90 Å². The molecule has 0 bridgehead atoms. The number of hydrogen-bond donors (Lipinski definition) is 0. The number of carbonyl (C=O) groups is 1. The topological polar surface area (TPSA) is 36.4 Å². The summed E-state index contributed by atoms with van der Waals surface area (Å²) in [6.07, 6.45) is 1.78. The summed E-state index contributed by atoms with van der Waals surface area (Å²) < 4.78 is 0. The van der Waals surface area contributed by atoms with Crippen molar-refractivity contribution in [2.45, 2.75) is 6.92 Å². The SMILES string of the molecule is Cc1ccc(N2CCN(C)C2=O)nc1. The van der Waals surface area contributed by atoms with Gasteiger partial charge in [0.25, 0.3) is 0 Å². The number of likely N-dealkylation sites (N-methyl/N-ethyl adjacent to an activating group) is 1. The molecule has 1 aliphatic heterocycles. The smallest absolute Gasteiger partial charge is 0.325 e. The highest BCUT2D eigenvalue weighted by atomic mass is 16.2. The van der Waals surface area contributed by atoms with Crippen LogP contribution in [0.25, 0.3) is 0 Å². The van der Waals surface area contributed by atoms with Gasteiger partial charge >= 0.3 is 6.03 Å². The monoisotopic (exact) mass is 191 g/mol. The molecule has 74 valence electrons. The molecule has 14 heavy (non-hydrogen) atoms. The van der Waals surface area contributed by atoms with E-state index in [-0.39, 0.29) is 6.03 Å². The number of carbonyl (C=O) groups excluding carboxylic acids is 1. The average molecular weight is 191 g/mol. The zero-order valence-corrected chi connectivity index (χ0v) is 8.40. The molecule has 1 saturated heterocycles. The first-order valence-electron chi connectivity index (χ1n) is 4.64. The van der Waals surface area contributed by atoms with Gasteiger partial charge in [-0.2, -0.15) is 0 Å². The molecule has 0 unspecified atom stereocenters. The van der Waals surface area contributed by atoms with E-state index in [0.717, 1.165) is 24.5 Å². The number of rotatable bonds is 1. The molecule has 0 radical (unpaired) electrons. The zero-order chi connectivity index (χ0) is 10.1. The highest BCUT2D eigenvalue weighted by molar-refractivity contribution is 5.92. The number of aromatic nitrogens is 1. The second-order valence-corrected chi connectivity index (χ2v) is 3.55. The van der Waals surface area contributed by atoms with E-state index in [0.29, 0.717) is 0 Å². The Bertz CT molecular complexity index is 347. The van der Waals surface area contributed by atoms with Crippen LogP contribution in [0.15, 0.2) is 18.3 Å². The van der Waals surface area contributed by atoms with Crippen LogP contribution in [-0.2, 0) is 0 Å². The summed E-state index contributed by atoms with van der Waals surface area (Å²) in [6.45, 7) is 3.48. The summed E-state index contributed by atoms with van der Waals surface area (Å²) in [5.74, 6) is 0.741. The van der Waals surface area contributed by atoms with E-state index in [9.17, 15) is 4.79 Å². The van der Waals surface area contributed by atoms with Gasteiger partial charge in [-0.1, -0.05) is 6.07 Å². The lowest BCUT2D eigenvalue weighted by atomic mass is 10.3. The van der Waals surface area contributed by atoms with Gasteiger partial charge in [-0.3, -0.25) is 4.90 Å². The summed E-state index contributed by atoms with van der Waals surface area (Å²) >= 11 is 0. The van der Waals surface area contributed by atoms with Crippen molar-refractivity contribution >= 4 is 11.8 Å². The standard InChI is InChI=1S/C10H13N3O/c1-8-3-4-9(11-7-8)13-6-5-12(2)10(13)14/h3-4,7H,5-6H2,1-2H3. The first-order valence-corrected chi connectivity index (χ1v) is 4.64. The van der Waals surface area contributed by atoms with Crippen molar-refractivity contribution in [3.05, 3.63) is 23.9 Å². The van der Waals surface area contributed by atoms with E-state index in [1.165, 1.54) is 0 Å². The Morgan fingerprint density at radius 2 is 2.14 bits per heavy atom. The van der Waals surface area contributed by atoms with Crippen LogP contribution in [0.2, 0.25) is 0 Å². The van der Waals surface area contributed by atoms with Gasteiger partial charge in [-0.05, 0) is 18.6 Å². The Balaban J connectivity index is 2.24. The van der Waals surface area contributed by atoms with Crippen LogP contribution in [0.4, 0.5) is 10.6 Å². The Labute approximate surface area is 83.2 Å².